The zero-order valence-corrected chi connectivity index (χ0v) is 16.5. The molecule has 2 N–H and O–H groups in total. The molecular weight excluding hydrogens is 398 g/mol. The van der Waals surface area contributed by atoms with Crippen molar-refractivity contribution >= 4 is 32.8 Å². The number of rotatable bonds is 4. The topological polar surface area (TPSA) is 92.7 Å². The number of benzene rings is 2. The average molecular weight is 415 g/mol. The van der Waals surface area contributed by atoms with Crippen molar-refractivity contribution in [1.29, 1.82) is 0 Å². The number of nitrogens with one attached hydrogen (secondary N) is 1. The number of sulfone groups is 1. The Kier molecular flexibility index (Phi) is 4.60. The molecule has 0 aliphatic carbocycles. The summed E-state index contributed by atoms with van der Waals surface area (Å²) in [5.74, 6) is 0.0994. The highest BCUT2D eigenvalue weighted by Gasteiger charge is 2.34. The van der Waals surface area contributed by atoms with E-state index in [4.69, 9.17) is 4.74 Å². The fourth-order valence-corrected chi connectivity index (χ4v) is 6.20. The lowest BCUT2D eigenvalue weighted by atomic mass is 9.90. The van der Waals surface area contributed by atoms with E-state index < -0.39 is 9.84 Å². The van der Waals surface area contributed by atoms with Crippen LogP contribution in [0.25, 0.3) is 0 Å². The highest BCUT2D eigenvalue weighted by molar-refractivity contribution is 7.91. The van der Waals surface area contributed by atoms with E-state index in [-0.39, 0.29) is 33.8 Å². The summed E-state index contributed by atoms with van der Waals surface area (Å²) in [4.78, 5) is 13.3. The number of ether oxygens (including phenoxy) is 1. The first-order chi connectivity index (χ1) is 13.4. The van der Waals surface area contributed by atoms with Gasteiger partial charge in [-0.3, -0.25) is 4.79 Å². The number of thiophene rings is 1. The normalized spacial score (nSPS) is 16.3. The van der Waals surface area contributed by atoms with E-state index >= 15 is 0 Å². The van der Waals surface area contributed by atoms with Crippen LogP contribution in [0.5, 0.6) is 11.5 Å². The van der Waals surface area contributed by atoms with Crippen molar-refractivity contribution in [1.82, 2.24) is 0 Å². The number of methoxy groups -OCH3 is 1. The number of amides is 1. The van der Waals surface area contributed by atoms with E-state index in [1.165, 1.54) is 30.6 Å². The summed E-state index contributed by atoms with van der Waals surface area (Å²) < 4.78 is 31.4. The van der Waals surface area contributed by atoms with E-state index in [0.717, 1.165) is 10.4 Å². The van der Waals surface area contributed by atoms with Crippen LogP contribution in [0, 0.1) is 0 Å². The van der Waals surface area contributed by atoms with Gasteiger partial charge >= 0.3 is 0 Å². The first-order valence-electron chi connectivity index (χ1n) is 8.49. The van der Waals surface area contributed by atoms with Crippen LogP contribution in [0.3, 0.4) is 0 Å². The Balaban J connectivity index is 1.80. The molecule has 4 rings (SSSR count). The second-order valence-corrected chi connectivity index (χ2v) is 9.25. The van der Waals surface area contributed by atoms with E-state index in [1.54, 1.807) is 35.7 Å². The van der Waals surface area contributed by atoms with Crippen LogP contribution in [-0.2, 0) is 14.6 Å². The van der Waals surface area contributed by atoms with Crippen LogP contribution in [0.4, 0.5) is 5.69 Å². The van der Waals surface area contributed by atoms with Gasteiger partial charge in [0.25, 0.3) is 0 Å². The second kappa shape index (κ2) is 6.96. The summed E-state index contributed by atoms with van der Waals surface area (Å²) in [6, 6.07) is 12.8. The van der Waals surface area contributed by atoms with E-state index in [9.17, 15) is 18.3 Å². The Labute approximate surface area is 166 Å². The predicted octanol–water partition coefficient (Wildman–Crippen LogP) is 3.77. The SMILES string of the molecule is COc1ccc(S(=O)(=O)c2csc3c2NC(=O)CC3c2cccc(O)c2)cc1. The maximum atomic E-state index is 13.1. The van der Waals surface area contributed by atoms with E-state index in [1.807, 2.05) is 6.07 Å². The molecule has 1 unspecified atom stereocenters. The lowest BCUT2D eigenvalue weighted by molar-refractivity contribution is -0.116. The molecule has 1 aliphatic rings. The highest BCUT2D eigenvalue weighted by Crippen LogP contribution is 2.46. The summed E-state index contributed by atoms with van der Waals surface area (Å²) >= 11 is 1.29. The van der Waals surface area contributed by atoms with Gasteiger partial charge in [0.1, 0.15) is 16.4 Å². The maximum absolute atomic E-state index is 13.1. The molecule has 6 nitrogen and oxygen atoms in total. The lowest BCUT2D eigenvalue weighted by Gasteiger charge is -2.23. The van der Waals surface area contributed by atoms with Crippen molar-refractivity contribution in [3.05, 3.63) is 64.4 Å². The Bertz CT molecular complexity index is 1150. The number of carbonyl (C=O) groups excluding carboxylic acids is 1. The van der Waals surface area contributed by atoms with Crippen molar-refractivity contribution in [3.8, 4) is 11.5 Å². The van der Waals surface area contributed by atoms with Gasteiger partial charge < -0.3 is 15.2 Å². The van der Waals surface area contributed by atoms with Crippen LogP contribution >= 0.6 is 11.3 Å². The first-order valence-corrected chi connectivity index (χ1v) is 10.9. The molecule has 0 spiro atoms. The second-order valence-electron chi connectivity index (χ2n) is 6.42. The maximum Gasteiger partial charge on any atom is 0.225 e. The molecule has 0 bridgehead atoms. The number of hydrogen-bond donors (Lipinski definition) is 2. The molecule has 3 aromatic rings. The molecule has 2 aromatic carbocycles. The largest absolute Gasteiger partial charge is 0.508 e. The van der Waals surface area contributed by atoms with Gasteiger partial charge in [-0.2, -0.15) is 0 Å². The van der Waals surface area contributed by atoms with Crippen LogP contribution < -0.4 is 10.1 Å². The van der Waals surface area contributed by atoms with E-state index in [2.05, 4.69) is 5.32 Å². The van der Waals surface area contributed by atoms with Gasteiger partial charge in [-0.05, 0) is 42.0 Å². The van der Waals surface area contributed by atoms with Crippen molar-refractivity contribution in [3.63, 3.8) is 0 Å². The summed E-state index contributed by atoms with van der Waals surface area (Å²) in [6.07, 6.45) is 0.193. The average Bonchev–Trinajstić information content (AvgIpc) is 3.12. The molecule has 28 heavy (non-hydrogen) atoms. The zero-order valence-electron chi connectivity index (χ0n) is 14.9. The Morgan fingerprint density at radius 2 is 1.93 bits per heavy atom. The molecule has 1 amide bonds. The molecule has 0 radical (unpaired) electrons. The Hall–Kier alpha value is -2.84. The third-order valence-electron chi connectivity index (χ3n) is 4.69. The summed E-state index contributed by atoms with van der Waals surface area (Å²) in [7, 11) is -2.30. The Morgan fingerprint density at radius 3 is 2.61 bits per heavy atom. The van der Waals surface area contributed by atoms with Gasteiger partial charge in [-0.25, -0.2) is 8.42 Å². The van der Waals surface area contributed by atoms with Crippen LogP contribution in [0.15, 0.2) is 63.7 Å². The van der Waals surface area contributed by atoms with Crippen LogP contribution in [-0.4, -0.2) is 26.5 Å². The monoisotopic (exact) mass is 415 g/mol. The molecule has 2 heterocycles. The van der Waals surface area contributed by atoms with Crippen LogP contribution in [0.2, 0.25) is 0 Å². The number of anilines is 1. The minimum Gasteiger partial charge on any atom is -0.508 e. The molecule has 8 heteroatoms. The molecule has 1 aliphatic heterocycles. The van der Waals surface area contributed by atoms with Crippen molar-refractivity contribution in [2.75, 3.05) is 12.4 Å². The molecule has 0 saturated heterocycles. The zero-order chi connectivity index (χ0) is 19.9. The number of carbonyl (C=O) groups is 1. The van der Waals surface area contributed by atoms with Crippen LogP contribution in [0.1, 0.15) is 22.8 Å². The van der Waals surface area contributed by atoms with Gasteiger partial charge in [0.15, 0.2) is 0 Å². The van der Waals surface area contributed by atoms with Crippen molar-refractivity contribution in [2.45, 2.75) is 22.1 Å². The summed E-state index contributed by atoms with van der Waals surface area (Å²) in [6.45, 7) is 0. The summed E-state index contributed by atoms with van der Waals surface area (Å²) in [5, 5.41) is 14.1. The number of phenolic OH excluding ortho intramolecular Hbond substituents is 1. The third-order valence-corrected chi connectivity index (χ3v) is 7.73. The molecular formula is C20H17NO5S2. The minimum atomic E-state index is -3.81. The fraction of sp³-hybridized carbons (Fsp3) is 0.150. The standard InChI is InChI=1S/C20H17NO5S2/c1-26-14-5-7-15(8-6-14)28(24,25)17-11-27-20-16(10-18(23)21-19(17)20)12-3-2-4-13(22)9-12/h2-9,11,16,22H,10H2,1H3,(H,21,23). The highest BCUT2D eigenvalue weighted by atomic mass is 32.2. The fourth-order valence-electron chi connectivity index (χ4n) is 3.29. The number of hydrogen-bond acceptors (Lipinski definition) is 6. The predicted molar refractivity (Wildman–Crippen MR) is 106 cm³/mol. The van der Waals surface area contributed by atoms with Crippen molar-refractivity contribution in [2.24, 2.45) is 0 Å². The molecule has 0 saturated carbocycles. The lowest BCUT2D eigenvalue weighted by Crippen LogP contribution is -2.23. The number of phenols is 1. The van der Waals surface area contributed by atoms with Gasteiger partial charge in [-0.1, -0.05) is 12.1 Å². The van der Waals surface area contributed by atoms with Gasteiger partial charge in [0, 0.05) is 22.6 Å². The van der Waals surface area contributed by atoms with Crippen molar-refractivity contribution < 1.29 is 23.1 Å². The summed E-state index contributed by atoms with van der Waals surface area (Å²) in [5.41, 5.74) is 1.09. The minimum absolute atomic E-state index is 0.0795. The number of aromatic hydroxyl groups is 1. The van der Waals surface area contributed by atoms with E-state index in [0.29, 0.717) is 11.4 Å². The quantitative estimate of drug-likeness (QED) is 0.677. The first kappa shape index (κ1) is 18.5. The molecule has 1 aromatic heterocycles. The van der Waals surface area contributed by atoms with Gasteiger partial charge in [0.05, 0.1) is 17.7 Å². The van der Waals surface area contributed by atoms with Gasteiger partial charge in [0.2, 0.25) is 15.7 Å². The molecule has 1 atom stereocenters. The number of fused-ring (bicyclic) bond motifs is 1. The smallest absolute Gasteiger partial charge is 0.225 e. The molecule has 144 valence electrons. The third kappa shape index (κ3) is 3.14. The Morgan fingerprint density at radius 1 is 1.18 bits per heavy atom. The van der Waals surface area contributed by atoms with Gasteiger partial charge in [-0.15, -0.1) is 11.3 Å². The molecule has 0 fully saturated rings.